The number of nitrogens with one attached hydrogen (secondary N) is 2. The first-order chi connectivity index (χ1) is 12.7. The maximum Gasteiger partial charge on any atom is 0.251 e. The van der Waals surface area contributed by atoms with E-state index >= 15 is 0 Å². The van der Waals surface area contributed by atoms with Gasteiger partial charge in [0.2, 0.25) is 0 Å². The second-order valence-corrected chi connectivity index (χ2v) is 7.44. The predicted octanol–water partition coefficient (Wildman–Crippen LogP) is 4.96. The van der Waals surface area contributed by atoms with Gasteiger partial charge in [0, 0.05) is 23.7 Å². The van der Waals surface area contributed by atoms with Crippen molar-refractivity contribution in [1.82, 2.24) is 5.32 Å². The van der Waals surface area contributed by atoms with Crippen LogP contribution in [-0.4, -0.2) is 12.5 Å². The molecule has 134 valence electrons. The summed E-state index contributed by atoms with van der Waals surface area (Å²) in [5.74, 6) is 0.893. The second-order valence-electron chi connectivity index (χ2n) is 7.44. The molecular weight excluding hydrogens is 320 g/mol. The van der Waals surface area contributed by atoms with Crippen LogP contribution in [-0.2, 0) is 0 Å². The standard InChI is InChI=1S/C23H26N2O/c1-3-13-24-23(26)17-11-12-21-20(14-17)18-5-4-6-19(18)22(25-21)16-9-7-15(2)8-10-16/h4-5,7-12,14,18-19,22,25H,3,6,13H2,1-2H3,(H,24,26). The average Bonchev–Trinajstić information content (AvgIpc) is 3.16. The number of amides is 1. The first-order valence-electron chi connectivity index (χ1n) is 9.59. The van der Waals surface area contributed by atoms with Crippen molar-refractivity contribution in [3.05, 3.63) is 76.9 Å². The highest BCUT2D eigenvalue weighted by Crippen LogP contribution is 2.49. The number of anilines is 1. The summed E-state index contributed by atoms with van der Waals surface area (Å²) in [7, 11) is 0. The number of benzene rings is 2. The normalized spacial score (nSPS) is 23.1. The fourth-order valence-electron chi connectivity index (χ4n) is 4.18. The van der Waals surface area contributed by atoms with Crippen molar-refractivity contribution in [2.24, 2.45) is 5.92 Å². The van der Waals surface area contributed by atoms with Crippen LogP contribution in [0.3, 0.4) is 0 Å². The molecule has 3 nitrogen and oxygen atoms in total. The molecular formula is C23H26N2O. The zero-order valence-corrected chi connectivity index (χ0v) is 15.5. The van der Waals surface area contributed by atoms with E-state index in [-0.39, 0.29) is 5.91 Å². The number of hydrogen-bond acceptors (Lipinski definition) is 2. The molecule has 3 heteroatoms. The highest BCUT2D eigenvalue weighted by Gasteiger charge is 2.38. The van der Waals surface area contributed by atoms with Crippen molar-refractivity contribution in [3.8, 4) is 0 Å². The van der Waals surface area contributed by atoms with Crippen molar-refractivity contribution < 1.29 is 4.79 Å². The third-order valence-electron chi connectivity index (χ3n) is 5.60. The maximum atomic E-state index is 12.3. The summed E-state index contributed by atoms with van der Waals surface area (Å²) >= 11 is 0. The van der Waals surface area contributed by atoms with Crippen LogP contribution < -0.4 is 10.6 Å². The molecule has 0 saturated heterocycles. The van der Waals surface area contributed by atoms with E-state index in [0.717, 1.165) is 30.6 Å². The SMILES string of the molecule is CCCNC(=O)c1ccc2c(c1)C1C=CCC1C(c1ccc(C)cc1)N2. The smallest absolute Gasteiger partial charge is 0.251 e. The molecule has 0 spiro atoms. The van der Waals surface area contributed by atoms with Gasteiger partial charge < -0.3 is 10.6 Å². The Labute approximate surface area is 155 Å². The van der Waals surface area contributed by atoms with Crippen LogP contribution in [0.1, 0.15) is 58.8 Å². The van der Waals surface area contributed by atoms with E-state index < -0.39 is 0 Å². The average molecular weight is 346 g/mol. The number of carbonyl (C=O) groups is 1. The van der Waals surface area contributed by atoms with E-state index in [1.165, 1.54) is 16.7 Å². The lowest BCUT2D eigenvalue weighted by molar-refractivity contribution is 0.0953. The molecule has 26 heavy (non-hydrogen) atoms. The molecule has 2 N–H and O–H groups in total. The molecule has 2 aliphatic rings. The van der Waals surface area contributed by atoms with E-state index in [4.69, 9.17) is 0 Å². The zero-order valence-electron chi connectivity index (χ0n) is 15.5. The lowest BCUT2D eigenvalue weighted by Crippen LogP contribution is -2.30. The van der Waals surface area contributed by atoms with Crippen LogP contribution in [0.5, 0.6) is 0 Å². The predicted molar refractivity (Wildman–Crippen MR) is 107 cm³/mol. The summed E-state index contributed by atoms with van der Waals surface area (Å²) < 4.78 is 0. The minimum absolute atomic E-state index is 0.0221. The molecule has 0 bridgehead atoms. The third-order valence-corrected chi connectivity index (χ3v) is 5.60. The van der Waals surface area contributed by atoms with E-state index in [2.05, 4.69) is 73.0 Å². The number of rotatable bonds is 4. The topological polar surface area (TPSA) is 41.1 Å². The minimum atomic E-state index is 0.0221. The molecule has 1 aliphatic heterocycles. The number of hydrogen-bond donors (Lipinski definition) is 2. The Hall–Kier alpha value is -2.55. The molecule has 1 amide bonds. The first-order valence-corrected chi connectivity index (χ1v) is 9.59. The van der Waals surface area contributed by atoms with Gasteiger partial charge in [0.15, 0.2) is 0 Å². The monoisotopic (exact) mass is 346 g/mol. The fourth-order valence-corrected chi connectivity index (χ4v) is 4.18. The molecule has 3 atom stereocenters. The number of carbonyl (C=O) groups excluding carboxylic acids is 1. The van der Waals surface area contributed by atoms with Crippen molar-refractivity contribution in [1.29, 1.82) is 0 Å². The maximum absolute atomic E-state index is 12.3. The van der Waals surface area contributed by atoms with E-state index in [0.29, 0.717) is 17.9 Å². The Morgan fingerprint density at radius 2 is 2.00 bits per heavy atom. The first kappa shape index (κ1) is 16.9. The van der Waals surface area contributed by atoms with Gasteiger partial charge in [-0.1, -0.05) is 48.9 Å². The van der Waals surface area contributed by atoms with Crippen LogP contribution in [0.25, 0.3) is 0 Å². The molecule has 0 aromatic heterocycles. The van der Waals surface area contributed by atoms with Crippen molar-refractivity contribution in [2.75, 3.05) is 11.9 Å². The van der Waals surface area contributed by atoms with Gasteiger partial charge in [0.1, 0.15) is 0 Å². The summed E-state index contributed by atoms with van der Waals surface area (Å²) in [5, 5.41) is 6.72. The molecule has 2 aromatic carbocycles. The Kier molecular flexibility index (Phi) is 4.54. The van der Waals surface area contributed by atoms with Crippen LogP contribution in [0.15, 0.2) is 54.6 Å². The second kappa shape index (κ2) is 6.99. The van der Waals surface area contributed by atoms with Gasteiger partial charge in [0.05, 0.1) is 6.04 Å². The molecule has 1 aliphatic carbocycles. The zero-order chi connectivity index (χ0) is 18.1. The van der Waals surface area contributed by atoms with Crippen molar-refractivity contribution >= 4 is 11.6 Å². The number of allylic oxidation sites excluding steroid dienone is 2. The van der Waals surface area contributed by atoms with Gasteiger partial charge in [0.25, 0.3) is 5.91 Å². The lowest BCUT2D eigenvalue weighted by Gasteiger charge is -2.37. The summed E-state index contributed by atoms with van der Waals surface area (Å²) in [5.41, 5.74) is 5.78. The Morgan fingerprint density at radius 3 is 2.77 bits per heavy atom. The fraction of sp³-hybridized carbons (Fsp3) is 0.348. The molecule has 1 heterocycles. The van der Waals surface area contributed by atoms with E-state index in [1.807, 2.05) is 6.07 Å². The largest absolute Gasteiger partial charge is 0.378 e. The summed E-state index contributed by atoms with van der Waals surface area (Å²) in [6, 6.07) is 15.2. The number of fused-ring (bicyclic) bond motifs is 3. The number of aryl methyl sites for hydroxylation is 1. The Morgan fingerprint density at radius 1 is 1.19 bits per heavy atom. The molecule has 3 unspecified atom stereocenters. The van der Waals surface area contributed by atoms with Gasteiger partial charge in [-0.2, -0.15) is 0 Å². The van der Waals surface area contributed by atoms with Gasteiger partial charge in [-0.05, 0) is 55.0 Å². The van der Waals surface area contributed by atoms with E-state index in [9.17, 15) is 4.79 Å². The van der Waals surface area contributed by atoms with Gasteiger partial charge in [-0.25, -0.2) is 0 Å². The van der Waals surface area contributed by atoms with Gasteiger partial charge >= 0.3 is 0 Å². The molecule has 4 rings (SSSR count). The highest BCUT2D eigenvalue weighted by molar-refractivity contribution is 5.95. The third kappa shape index (κ3) is 3.03. The lowest BCUT2D eigenvalue weighted by atomic mass is 9.76. The van der Waals surface area contributed by atoms with E-state index in [1.54, 1.807) is 0 Å². The quantitative estimate of drug-likeness (QED) is 0.768. The van der Waals surface area contributed by atoms with Crippen molar-refractivity contribution in [3.63, 3.8) is 0 Å². The molecule has 2 aromatic rings. The van der Waals surface area contributed by atoms with Gasteiger partial charge in [-0.3, -0.25) is 4.79 Å². The summed E-state index contributed by atoms with van der Waals surface area (Å²) in [4.78, 5) is 12.3. The van der Waals surface area contributed by atoms with Crippen LogP contribution in [0.2, 0.25) is 0 Å². The summed E-state index contributed by atoms with van der Waals surface area (Å²) in [6.45, 7) is 4.91. The Bertz CT molecular complexity index is 838. The molecule has 0 fully saturated rings. The van der Waals surface area contributed by atoms with Crippen LogP contribution in [0.4, 0.5) is 5.69 Å². The van der Waals surface area contributed by atoms with Crippen LogP contribution >= 0.6 is 0 Å². The molecule has 0 saturated carbocycles. The van der Waals surface area contributed by atoms with Crippen LogP contribution in [0, 0.1) is 12.8 Å². The highest BCUT2D eigenvalue weighted by atomic mass is 16.1. The van der Waals surface area contributed by atoms with Crippen molar-refractivity contribution in [2.45, 2.75) is 38.6 Å². The molecule has 0 radical (unpaired) electrons. The Balaban J connectivity index is 1.66. The summed E-state index contributed by atoms with van der Waals surface area (Å²) in [6.07, 6.45) is 6.63. The van der Waals surface area contributed by atoms with Gasteiger partial charge in [-0.15, -0.1) is 0 Å². The minimum Gasteiger partial charge on any atom is -0.378 e.